The smallest absolute Gasteiger partial charge is 0.113 e. The number of thiazole rings is 1. The van der Waals surface area contributed by atoms with Crippen molar-refractivity contribution in [3.63, 3.8) is 0 Å². The summed E-state index contributed by atoms with van der Waals surface area (Å²) in [5.41, 5.74) is 2.39. The molecule has 0 saturated carbocycles. The highest BCUT2D eigenvalue weighted by molar-refractivity contribution is 9.10. The van der Waals surface area contributed by atoms with Crippen LogP contribution in [0.4, 0.5) is 0 Å². The Hall–Kier alpha value is -1.13. The summed E-state index contributed by atoms with van der Waals surface area (Å²) in [5.74, 6) is 0. The number of fused-ring (bicyclic) bond motifs is 1. The van der Waals surface area contributed by atoms with Crippen LogP contribution >= 0.6 is 27.3 Å². The molecule has 0 bridgehead atoms. The highest BCUT2D eigenvalue weighted by Gasteiger charge is 2.07. The van der Waals surface area contributed by atoms with Gasteiger partial charge in [-0.15, -0.1) is 11.3 Å². The van der Waals surface area contributed by atoms with Gasteiger partial charge in [0.2, 0.25) is 0 Å². The van der Waals surface area contributed by atoms with Crippen LogP contribution in [-0.2, 0) is 6.54 Å². The van der Waals surface area contributed by atoms with Crippen LogP contribution in [0.25, 0.3) is 10.9 Å². The van der Waals surface area contributed by atoms with E-state index in [0.29, 0.717) is 0 Å². The van der Waals surface area contributed by atoms with E-state index >= 15 is 0 Å². The van der Waals surface area contributed by atoms with E-state index in [2.05, 4.69) is 69.8 Å². The summed E-state index contributed by atoms with van der Waals surface area (Å²) in [4.78, 5) is 5.91. The topological polar surface area (TPSA) is 17.8 Å². The van der Waals surface area contributed by atoms with Gasteiger partial charge in [-0.2, -0.15) is 0 Å². The zero-order valence-electron chi connectivity index (χ0n) is 10.3. The van der Waals surface area contributed by atoms with Crippen LogP contribution in [-0.4, -0.2) is 9.55 Å². The highest BCUT2D eigenvalue weighted by Crippen LogP contribution is 2.26. The third kappa shape index (κ3) is 1.99. The molecular formula is C14H13BrN2S. The Morgan fingerprint density at radius 2 is 2.11 bits per heavy atom. The van der Waals surface area contributed by atoms with Crippen LogP contribution in [0.3, 0.4) is 0 Å². The summed E-state index contributed by atoms with van der Waals surface area (Å²) >= 11 is 5.37. The van der Waals surface area contributed by atoms with Crippen LogP contribution in [0, 0.1) is 13.8 Å². The summed E-state index contributed by atoms with van der Waals surface area (Å²) in [7, 11) is 0. The maximum absolute atomic E-state index is 4.60. The van der Waals surface area contributed by atoms with Crippen LogP contribution in [0.5, 0.6) is 0 Å². The number of nitrogens with zero attached hydrogens (tertiary/aromatic N) is 2. The van der Waals surface area contributed by atoms with Crippen molar-refractivity contribution in [2.45, 2.75) is 20.4 Å². The maximum atomic E-state index is 4.60. The minimum Gasteiger partial charge on any atom is -0.341 e. The predicted molar refractivity (Wildman–Crippen MR) is 80.3 cm³/mol. The van der Waals surface area contributed by atoms with E-state index in [0.717, 1.165) is 16.7 Å². The molecule has 92 valence electrons. The van der Waals surface area contributed by atoms with E-state index in [1.54, 1.807) is 11.3 Å². The van der Waals surface area contributed by atoms with Gasteiger partial charge in [0.05, 0.1) is 12.2 Å². The first-order valence-electron chi connectivity index (χ1n) is 5.81. The fraction of sp³-hybridized carbons (Fsp3) is 0.214. The second kappa shape index (κ2) is 4.52. The maximum Gasteiger partial charge on any atom is 0.113 e. The molecule has 3 rings (SSSR count). The Morgan fingerprint density at radius 3 is 2.83 bits per heavy atom. The molecule has 18 heavy (non-hydrogen) atoms. The lowest BCUT2D eigenvalue weighted by Crippen LogP contribution is -1.97. The van der Waals surface area contributed by atoms with E-state index in [9.17, 15) is 0 Å². The van der Waals surface area contributed by atoms with E-state index < -0.39 is 0 Å². The number of rotatable bonds is 2. The molecule has 0 radical (unpaired) electrons. The molecule has 0 amide bonds. The summed E-state index contributed by atoms with van der Waals surface area (Å²) in [6, 6.07) is 8.44. The lowest BCUT2D eigenvalue weighted by Gasteiger charge is -2.03. The van der Waals surface area contributed by atoms with E-state index in [4.69, 9.17) is 0 Å². The van der Waals surface area contributed by atoms with Gasteiger partial charge in [0.1, 0.15) is 5.01 Å². The number of hydrogen-bond donors (Lipinski definition) is 0. The van der Waals surface area contributed by atoms with Gasteiger partial charge in [0.15, 0.2) is 0 Å². The monoisotopic (exact) mass is 320 g/mol. The van der Waals surface area contributed by atoms with E-state index in [-0.39, 0.29) is 0 Å². The molecule has 1 aromatic carbocycles. The Kier molecular flexibility index (Phi) is 2.99. The van der Waals surface area contributed by atoms with Gasteiger partial charge in [-0.3, -0.25) is 0 Å². The van der Waals surface area contributed by atoms with Gasteiger partial charge in [-0.25, -0.2) is 4.98 Å². The summed E-state index contributed by atoms with van der Waals surface area (Å²) in [6.07, 6.45) is 2.13. The quantitative estimate of drug-likeness (QED) is 0.678. The molecule has 2 aromatic heterocycles. The molecule has 0 spiro atoms. The SMILES string of the molecule is Cc1nc(Cn2ccc3c(Br)cccc32)sc1C. The molecule has 0 aliphatic heterocycles. The second-order valence-electron chi connectivity index (χ2n) is 4.37. The molecule has 0 atom stereocenters. The fourth-order valence-electron chi connectivity index (χ4n) is 2.08. The van der Waals surface area contributed by atoms with Crippen molar-refractivity contribution in [3.05, 3.63) is 50.5 Å². The normalized spacial score (nSPS) is 11.3. The molecule has 2 heterocycles. The third-order valence-electron chi connectivity index (χ3n) is 3.14. The third-order valence-corrected chi connectivity index (χ3v) is 4.89. The van der Waals surface area contributed by atoms with Crippen molar-refractivity contribution in [1.82, 2.24) is 9.55 Å². The average Bonchev–Trinajstić information content (AvgIpc) is 2.86. The van der Waals surface area contributed by atoms with Gasteiger partial charge in [-0.05, 0) is 32.0 Å². The minimum absolute atomic E-state index is 0.847. The van der Waals surface area contributed by atoms with Gasteiger partial charge >= 0.3 is 0 Å². The Labute approximate surface area is 118 Å². The van der Waals surface area contributed by atoms with Gasteiger partial charge in [0, 0.05) is 26.4 Å². The molecule has 0 unspecified atom stereocenters. The standard InChI is InChI=1S/C14H13BrN2S/c1-9-10(2)18-14(16-9)8-17-7-6-11-12(15)4-3-5-13(11)17/h3-7H,8H2,1-2H3. The molecule has 2 nitrogen and oxygen atoms in total. The highest BCUT2D eigenvalue weighted by atomic mass is 79.9. The molecular weight excluding hydrogens is 308 g/mol. The Balaban J connectivity index is 2.02. The molecule has 0 fully saturated rings. The second-order valence-corrected chi connectivity index (χ2v) is 6.51. The fourth-order valence-corrected chi connectivity index (χ4v) is 3.50. The first kappa shape index (κ1) is 11.9. The van der Waals surface area contributed by atoms with Crippen molar-refractivity contribution in [2.75, 3.05) is 0 Å². The van der Waals surface area contributed by atoms with Crippen molar-refractivity contribution in [2.24, 2.45) is 0 Å². The number of halogens is 1. The lowest BCUT2D eigenvalue weighted by molar-refractivity contribution is 0.824. The Bertz CT molecular complexity index is 692. The first-order chi connectivity index (χ1) is 8.65. The largest absolute Gasteiger partial charge is 0.341 e. The average molecular weight is 321 g/mol. The number of hydrogen-bond acceptors (Lipinski definition) is 2. The number of aromatic nitrogens is 2. The zero-order valence-corrected chi connectivity index (χ0v) is 12.7. The van der Waals surface area contributed by atoms with Crippen molar-refractivity contribution < 1.29 is 0 Å². The molecule has 0 aliphatic rings. The predicted octanol–water partition coefficient (Wildman–Crippen LogP) is 4.53. The van der Waals surface area contributed by atoms with Crippen molar-refractivity contribution in [3.8, 4) is 0 Å². The van der Waals surface area contributed by atoms with Gasteiger partial charge in [-0.1, -0.05) is 22.0 Å². The van der Waals surface area contributed by atoms with E-state index in [1.807, 2.05) is 0 Å². The zero-order chi connectivity index (χ0) is 12.7. The van der Waals surface area contributed by atoms with Crippen LogP contribution in [0.1, 0.15) is 15.6 Å². The Morgan fingerprint density at radius 1 is 1.28 bits per heavy atom. The van der Waals surface area contributed by atoms with Crippen molar-refractivity contribution in [1.29, 1.82) is 0 Å². The van der Waals surface area contributed by atoms with Crippen LogP contribution < -0.4 is 0 Å². The van der Waals surface area contributed by atoms with Gasteiger partial charge in [0.25, 0.3) is 0 Å². The summed E-state index contributed by atoms with van der Waals surface area (Å²) in [5, 5.41) is 2.42. The number of benzene rings is 1. The number of aryl methyl sites for hydroxylation is 2. The van der Waals surface area contributed by atoms with Crippen molar-refractivity contribution >= 4 is 38.2 Å². The first-order valence-corrected chi connectivity index (χ1v) is 7.42. The lowest BCUT2D eigenvalue weighted by atomic mass is 10.2. The molecule has 0 N–H and O–H groups in total. The summed E-state index contributed by atoms with van der Waals surface area (Å²) < 4.78 is 3.39. The summed E-state index contributed by atoms with van der Waals surface area (Å²) in [6.45, 7) is 5.04. The minimum atomic E-state index is 0.847. The van der Waals surface area contributed by atoms with E-state index in [1.165, 1.54) is 20.8 Å². The van der Waals surface area contributed by atoms with Crippen LogP contribution in [0.2, 0.25) is 0 Å². The molecule has 3 aromatic rings. The molecule has 4 heteroatoms. The molecule has 0 aliphatic carbocycles. The molecule has 0 saturated heterocycles. The van der Waals surface area contributed by atoms with Gasteiger partial charge < -0.3 is 4.57 Å². The van der Waals surface area contributed by atoms with Crippen LogP contribution in [0.15, 0.2) is 34.9 Å².